The molecule has 1 aliphatic carbocycles. The van der Waals surface area contributed by atoms with Crippen LogP contribution in [-0.2, 0) is 35.9 Å². The standard InChI is InChI=1S/C23H34F3NO6S/c1-21(2,34(29,30)13-7-11-23(24,25)26)19(28)15-17-14-18(27-33-17)22(9-4-5-10-22)16-32-20-8-3-6-12-31-20/h14,20H,3-13,15-16H2,1-2H3. The number of hydrogen-bond donors (Lipinski definition) is 0. The van der Waals surface area contributed by atoms with E-state index in [0.29, 0.717) is 18.9 Å². The van der Waals surface area contributed by atoms with Crippen LogP contribution in [0, 0.1) is 0 Å². The van der Waals surface area contributed by atoms with Gasteiger partial charge in [0, 0.05) is 24.5 Å². The first-order chi connectivity index (χ1) is 15.8. The average Bonchev–Trinajstić information content (AvgIpc) is 3.42. The first-order valence-electron chi connectivity index (χ1n) is 11.9. The number of aromatic nitrogens is 1. The Morgan fingerprint density at radius 3 is 2.53 bits per heavy atom. The smallest absolute Gasteiger partial charge is 0.361 e. The second-order valence-electron chi connectivity index (χ2n) is 9.92. The van der Waals surface area contributed by atoms with E-state index in [-0.39, 0.29) is 23.9 Å². The highest BCUT2D eigenvalue weighted by Crippen LogP contribution is 2.41. The number of ketones is 1. The molecule has 2 fully saturated rings. The van der Waals surface area contributed by atoms with E-state index in [1.54, 1.807) is 6.07 Å². The molecule has 1 atom stereocenters. The van der Waals surface area contributed by atoms with Gasteiger partial charge in [0.25, 0.3) is 0 Å². The molecule has 1 aliphatic heterocycles. The molecule has 0 N–H and O–H groups in total. The summed E-state index contributed by atoms with van der Waals surface area (Å²) >= 11 is 0. The molecule has 1 aromatic heterocycles. The van der Waals surface area contributed by atoms with Crippen molar-refractivity contribution >= 4 is 15.6 Å². The summed E-state index contributed by atoms with van der Waals surface area (Å²) in [4.78, 5) is 12.9. The number of alkyl halides is 3. The Labute approximate surface area is 198 Å². The van der Waals surface area contributed by atoms with Crippen LogP contribution in [0.5, 0.6) is 0 Å². The number of hydrogen-bond acceptors (Lipinski definition) is 7. The lowest BCUT2D eigenvalue weighted by Gasteiger charge is -2.30. The molecule has 0 radical (unpaired) electrons. The van der Waals surface area contributed by atoms with Crippen LogP contribution in [0.1, 0.15) is 83.1 Å². The Hall–Kier alpha value is -1.46. The minimum absolute atomic E-state index is 0.234. The third kappa shape index (κ3) is 6.60. The largest absolute Gasteiger partial charge is 0.389 e. The summed E-state index contributed by atoms with van der Waals surface area (Å²) in [6, 6.07) is 1.68. The number of sulfone groups is 1. The summed E-state index contributed by atoms with van der Waals surface area (Å²) in [5, 5.41) is 4.19. The van der Waals surface area contributed by atoms with Gasteiger partial charge < -0.3 is 14.0 Å². The van der Waals surface area contributed by atoms with Crippen LogP contribution in [0.25, 0.3) is 0 Å². The topological polar surface area (TPSA) is 95.7 Å². The molecule has 34 heavy (non-hydrogen) atoms. The van der Waals surface area contributed by atoms with E-state index in [9.17, 15) is 26.4 Å². The predicted octanol–water partition coefficient (Wildman–Crippen LogP) is 4.68. The minimum Gasteiger partial charge on any atom is -0.361 e. The normalized spacial score (nSPS) is 21.6. The van der Waals surface area contributed by atoms with Gasteiger partial charge in [0.15, 0.2) is 21.9 Å². The molecule has 0 bridgehead atoms. The molecule has 194 valence electrons. The fourth-order valence-electron chi connectivity index (χ4n) is 4.53. The molecular weight excluding hydrogens is 475 g/mol. The number of rotatable bonds is 11. The molecule has 0 spiro atoms. The number of nitrogens with zero attached hydrogens (tertiary/aromatic N) is 1. The second-order valence-corrected chi connectivity index (χ2v) is 12.6. The molecule has 11 heteroatoms. The zero-order valence-corrected chi connectivity index (χ0v) is 20.6. The van der Waals surface area contributed by atoms with Crippen LogP contribution < -0.4 is 0 Å². The molecule has 3 rings (SSSR count). The molecule has 0 amide bonds. The maximum Gasteiger partial charge on any atom is 0.389 e. The van der Waals surface area contributed by atoms with Crippen molar-refractivity contribution in [3.05, 3.63) is 17.5 Å². The molecule has 1 saturated heterocycles. The maximum atomic E-state index is 12.9. The fraction of sp³-hybridized carbons (Fsp3) is 0.826. The molecule has 7 nitrogen and oxygen atoms in total. The average molecular weight is 510 g/mol. The lowest BCUT2D eigenvalue weighted by Crippen LogP contribution is -2.43. The molecule has 2 heterocycles. The van der Waals surface area contributed by atoms with E-state index >= 15 is 0 Å². The Kier molecular flexibility index (Phi) is 8.50. The monoisotopic (exact) mass is 509 g/mol. The van der Waals surface area contributed by atoms with Gasteiger partial charge in [-0.05, 0) is 52.4 Å². The molecule has 1 unspecified atom stereocenters. The van der Waals surface area contributed by atoms with Crippen LogP contribution in [-0.4, -0.2) is 55.5 Å². The molecule has 1 saturated carbocycles. The summed E-state index contributed by atoms with van der Waals surface area (Å²) in [5.41, 5.74) is 0.333. The van der Waals surface area contributed by atoms with Gasteiger partial charge in [-0.3, -0.25) is 4.79 Å². The lowest BCUT2D eigenvalue weighted by molar-refractivity contribution is -0.172. The van der Waals surface area contributed by atoms with E-state index in [4.69, 9.17) is 14.0 Å². The minimum atomic E-state index is -4.44. The van der Waals surface area contributed by atoms with Crippen LogP contribution in [0.3, 0.4) is 0 Å². The number of Topliss-reactive ketones (excluding diaryl/α,β-unsaturated/α-hetero) is 1. The van der Waals surface area contributed by atoms with Crippen molar-refractivity contribution < 1.29 is 40.4 Å². The lowest BCUT2D eigenvalue weighted by atomic mass is 9.83. The maximum absolute atomic E-state index is 12.9. The van der Waals surface area contributed by atoms with Gasteiger partial charge in [0.2, 0.25) is 0 Å². The highest BCUT2D eigenvalue weighted by molar-refractivity contribution is 7.93. The van der Waals surface area contributed by atoms with Crippen molar-refractivity contribution in [3.63, 3.8) is 0 Å². The number of carbonyl (C=O) groups excluding carboxylic acids is 1. The van der Waals surface area contributed by atoms with Crippen LogP contribution >= 0.6 is 0 Å². The van der Waals surface area contributed by atoms with Gasteiger partial charge in [-0.25, -0.2) is 8.42 Å². The van der Waals surface area contributed by atoms with Gasteiger partial charge in [-0.2, -0.15) is 13.2 Å². The molecule has 2 aliphatic rings. The van der Waals surface area contributed by atoms with Gasteiger partial charge in [-0.1, -0.05) is 18.0 Å². The van der Waals surface area contributed by atoms with Crippen molar-refractivity contribution in [2.45, 2.75) is 101 Å². The van der Waals surface area contributed by atoms with E-state index < -0.39 is 45.1 Å². The van der Waals surface area contributed by atoms with Crippen molar-refractivity contribution in [1.29, 1.82) is 0 Å². The third-order valence-electron chi connectivity index (χ3n) is 7.00. The van der Waals surface area contributed by atoms with E-state index in [1.807, 2.05) is 0 Å². The first kappa shape index (κ1) is 27.1. The van der Waals surface area contributed by atoms with Gasteiger partial charge in [-0.15, -0.1) is 0 Å². The summed E-state index contributed by atoms with van der Waals surface area (Å²) in [6.07, 6.45) is -0.0907. The summed E-state index contributed by atoms with van der Waals surface area (Å²) in [7, 11) is -4.09. The van der Waals surface area contributed by atoms with Crippen LogP contribution in [0.15, 0.2) is 10.6 Å². The molecule has 1 aromatic rings. The fourth-order valence-corrected chi connectivity index (χ4v) is 5.98. The van der Waals surface area contributed by atoms with Gasteiger partial charge >= 0.3 is 6.18 Å². The zero-order valence-electron chi connectivity index (χ0n) is 19.8. The number of halogens is 3. The van der Waals surface area contributed by atoms with Crippen molar-refractivity contribution in [2.24, 2.45) is 0 Å². The highest BCUT2D eigenvalue weighted by atomic mass is 32.2. The Morgan fingerprint density at radius 2 is 1.91 bits per heavy atom. The third-order valence-corrected chi connectivity index (χ3v) is 9.61. The first-order valence-corrected chi connectivity index (χ1v) is 13.5. The SMILES string of the molecule is CC(C)(C(=O)Cc1cc(C2(COC3CCCCO3)CCCC2)no1)S(=O)(=O)CCCC(F)(F)F. The Balaban J connectivity index is 1.64. The van der Waals surface area contributed by atoms with Crippen LogP contribution in [0.4, 0.5) is 13.2 Å². The zero-order chi connectivity index (χ0) is 25.0. The molecular formula is C23H34F3NO6S. The Bertz CT molecular complexity index is 929. The quantitative estimate of drug-likeness (QED) is 0.427. The van der Waals surface area contributed by atoms with Crippen LogP contribution in [0.2, 0.25) is 0 Å². The van der Waals surface area contributed by atoms with E-state index in [0.717, 1.165) is 44.9 Å². The highest BCUT2D eigenvalue weighted by Gasteiger charge is 2.43. The summed E-state index contributed by atoms with van der Waals surface area (Å²) in [6.45, 7) is 3.57. The number of ether oxygens (including phenoxy) is 2. The molecule has 0 aromatic carbocycles. The number of carbonyl (C=O) groups is 1. The van der Waals surface area contributed by atoms with Crippen molar-refractivity contribution in [2.75, 3.05) is 19.0 Å². The van der Waals surface area contributed by atoms with Gasteiger partial charge in [0.05, 0.1) is 24.5 Å². The van der Waals surface area contributed by atoms with E-state index in [1.165, 1.54) is 13.8 Å². The van der Waals surface area contributed by atoms with Crippen molar-refractivity contribution in [3.8, 4) is 0 Å². The van der Waals surface area contributed by atoms with Gasteiger partial charge in [0.1, 0.15) is 10.5 Å². The summed E-state index contributed by atoms with van der Waals surface area (Å²) in [5.74, 6) is -1.12. The van der Waals surface area contributed by atoms with Crippen molar-refractivity contribution in [1.82, 2.24) is 5.16 Å². The Morgan fingerprint density at radius 1 is 1.21 bits per heavy atom. The second kappa shape index (κ2) is 10.7. The predicted molar refractivity (Wildman–Crippen MR) is 118 cm³/mol. The summed E-state index contributed by atoms with van der Waals surface area (Å²) < 4.78 is 77.7. The van der Waals surface area contributed by atoms with E-state index in [2.05, 4.69) is 5.16 Å².